The van der Waals surface area contributed by atoms with Gasteiger partial charge in [-0.1, -0.05) is 34.1 Å². The van der Waals surface area contributed by atoms with Gasteiger partial charge in [-0.2, -0.15) is 0 Å². The number of hydrogen-bond acceptors (Lipinski definition) is 2. The molecule has 0 aliphatic carbocycles. The maximum atomic E-state index is 11.8. The first-order valence-corrected chi connectivity index (χ1v) is 6.27. The summed E-state index contributed by atoms with van der Waals surface area (Å²) in [6.45, 7) is 0.818. The number of aliphatic hydroxyl groups excluding tert-OH is 1. The Labute approximate surface area is 103 Å². The van der Waals surface area contributed by atoms with Crippen LogP contribution in [0.2, 0.25) is 0 Å². The first-order chi connectivity index (χ1) is 7.72. The van der Waals surface area contributed by atoms with E-state index in [1.807, 2.05) is 24.3 Å². The lowest BCUT2D eigenvalue weighted by molar-refractivity contribution is -0.117. The maximum absolute atomic E-state index is 11.8. The van der Waals surface area contributed by atoms with Crippen LogP contribution in [0.3, 0.4) is 0 Å². The Morgan fingerprint density at radius 2 is 2.19 bits per heavy atom. The summed E-state index contributed by atoms with van der Waals surface area (Å²) in [4.78, 5) is 13.8. The lowest BCUT2D eigenvalue weighted by Crippen LogP contribution is -2.25. The van der Waals surface area contributed by atoms with Crippen LogP contribution in [-0.2, 0) is 11.2 Å². The van der Waals surface area contributed by atoms with Gasteiger partial charge in [0.1, 0.15) is 0 Å². The van der Waals surface area contributed by atoms with Gasteiger partial charge in [0.05, 0.1) is 0 Å². The molecule has 0 spiro atoms. The summed E-state index contributed by atoms with van der Waals surface area (Å²) in [5, 5.41) is 8.99. The summed E-state index contributed by atoms with van der Waals surface area (Å²) in [6.07, 6.45) is 1.14. The van der Waals surface area contributed by atoms with Crippen molar-refractivity contribution in [2.45, 2.75) is 17.7 Å². The first kappa shape index (κ1) is 11.6. The van der Waals surface area contributed by atoms with E-state index in [4.69, 9.17) is 5.11 Å². The zero-order chi connectivity index (χ0) is 11.5. The summed E-state index contributed by atoms with van der Waals surface area (Å²) >= 11 is 3.47. The third-order valence-corrected chi connectivity index (χ3v) is 3.35. The number of carbonyl (C=O) groups excluding carboxylic acids is 1. The van der Waals surface area contributed by atoms with Gasteiger partial charge in [0.2, 0.25) is 5.91 Å². The van der Waals surface area contributed by atoms with Crippen molar-refractivity contribution >= 4 is 27.5 Å². The minimum absolute atomic E-state index is 0.108. The average Bonchev–Trinajstić information content (AvgIpc) is 2.59. The van der Waals surface area contributed by atoms with E-state index in [1.165, 1.54) is 0 Å². The number of benzene rings is 1. The van der Waals surface area contributed by atoms with Gasteiger partial charge < -0.3 is 10.0 Å². The fourth-order valence-electron chi connectivity index (χ4n) is 2.00. The van der Waals surface area contributed by atoms with Crippen molar-refractivity contribution in [3.63, 3.8) is 0 Å². The summed E-state index contributed by atoms with van der Waals surface area (Å²) in [7, 11) is 0. The Morgan fingerprint density at radius 3 is 2.81 bits per heavy atom. The van der Waals surface area contributed by atoms with Gasteiger partial charge in [0, 0.05) is 30.1 Å². The monoisotopic (exact) mass is 283 g/mol. The lowest BCUT2D eigenvalue weighted by Gasteiger charge is -2.19. The fourth-order valence-corrected chi connectivity index (χ4v) is 2.57. The molecule has 1 aliphatic heterocycles. The topological polar surface area (TPSA) is 40.5 Å². The molecule has 1 aliphatic rings. The molecule has 2 rings (SSSR count). The molecule has 0 aromatic heterocycles. The second kappa shape index (κ2) is 4.97. The lowest BCUT2D eigenvalue weighted by atomic mass is 10.1. The molecule has 1 amide bonds. The summed E-state index contributed by atoms with van der Waals surface area (Å²) < 4.78 is 0. The number of aliphatic hydroxyl groups is 1. The van der Waals surface area contributed by atoms with E-state index in [9.17, 15) is 4.79 Å². The number of carbonyl (C=O) groups is 1. The van der Waals surface area contributed by atoms with E-state index in [-0.39, 0.29) is 17.3 Å². The van der Waals surface area contributed by atoms with Crippen LogP contribution < -0.4 is 4.90 Å². The van der Waals surface area contributed by atoms with E-state index in [0.717, 1.165) is 11.3 Å². The Morgan fingerprint density at radius 1 is 1.44 bits per heavy atom. The molecule has 1 unspecified atom stereocenters. The Balaban J connectivity index is 2.29. The number of amides is 1. The highest BCUT2D eigenvalue weighted by Gasteiger charge is 2.29. The van der Waals surface area contributed by atoms with Gasteiger partial charge in [0.15, 0.2) is 0 Å². The van der Waals surface area contributed by atoms with Crippen LogP contribution in [-0.4, -0.2) is 29.0 Å². The molecule has 3 nitrogen and oxygen atoms in total. The number of anilines is 1. The molecule has 1 saturated heterocycles. The first-order valence-electron chi connectivity index (χ1n) is 5.35. The molecule has 1 fully saturated rings. The molecule has 1 aromatic rings. The number of nitrogens with zero attached hydrogens (tertiary/aromatic N) is 1. The van der Waals surface area contributed by atoms with Crippen LogP contribution in [0.25, 0.3) is 0 Å². The minimum atomic E-state index is 0.108. The van der Waals surface area contributed by atoms with E-state index in [2.05, 4.69) is 15.9 Å². The predicted molar refractivity (Wildman–Crippen MR) is 66.9 cm³/mol. The zero-order valence-electron chi connectivity index (χ0n) is 8.90. The van der Waals surface area contributed by atoms with E-state index in [0.29, 0.717) is 19.4 Å². The van der Waals surface area contributed by atoms with Crippen molar-refractivity contribution in [1.29, 1.82) is 0 Å². The molecule has 16 heavy (non-hydrogen) atoms. The second-order valence-corrected chi connectivity index (χ2v) is 5.20. The minimum Gasteiger partial charge on any atom is -0.396 e. The normalized spacial score (nSPS) is 20.5. The highest BCUT2D eigenvalue weighted by molar-refractivity contribution is 9.09. The highest BCUT2D eigenvalue weighted by Crippen LogP contribution is 2.28. The van der Waals surface area contributed by atoms with E-state index >= 15 is 0 Å². The number of hydrogen-bond donors (Lipinski definition) is 1. The van der Waals surface area contributed by atoms with Crippen LogP contribution >= 0.6 is 15.9 Å². The molecule has 0 radical (unpaired) electrons. The van der Waals surface area contributed by atoms with Gasteiger partial charge in [-0.3, -0.25) is 4.79 Å². The van der Waals surface area contributed by atoms with Gasteiger partial charge in [-0.05, 0) is 18.1 Å². The maximum Gasteiger partial charge on any atom is 0.228 e. The largest absolute Gasteiger partial charge is 0.396 e. The third kappa shape index (κ3) is 2.28. The van der Waals surface area contributed by atoms with Gasteiger partial charge in [0.25, 0.3) is 0 Å². The SMILES string of the molecule is O=C1CC(Br)CN1c1ccccc1CCO. The molecule has 1 N–H and O–H groups in total. The molecule has 1 atom stereocenters. The zero-order valence-corrected chi connectivity index (χ0v) is 10.5. The molecular formula is C12H14BrNO2. The van der Waals surface area contributed by atoms with Gasteiger partial charge in [-0.25, -0.2) is 0 Å². The predicted octanol–water partition coefficient (Wildman–Crippen LogP) is 1.72. The summed E-state index contributed by atoms with van der Waals surface area (Å²) in [5.74, 6) is 0.146. The third-order valence-electron chi connectivity index (χ3n) is 2.74. The molecule has 1 heterocycles. The van der Waals surface area contributed by atoms with Crippen LogP contribution in [0.15, 0.2) is 24.3 Å². The van der Waals surface area contributed by atoms with Crippen molar-refractivity contribution in [2.24, 2.45) is 0 Å². The van der Waals surface area contributed by atoms with Crippen LogP contribution in [0, 0.1) is 0 Å². The van der Waals surface area contributed by atoms with Crippen LogP contribution in [0.4, 0.5) is 5.69 Å². The summed E-state index contributed by atoms with van der Waals surface area (Å²) in [5.41, 5.74) is 1.96. The Hall–Kier alpha value is -0.870. The number of rotatable bonds is 3. The molecule has 0 bridgehead atoms. The second-order valence-electron chi connectivity index (χ2n) is 3.91. The van der Waals surface area contributed by atoms with Crippen molar-refractivity contribution in [1.82, 2.24) is 0 Å². The quantitative estimate of drug-likeness (QED) is 0.859. The van der Waals surface area contributed by atoms with Crippen LogP contribution in [0.1, 0.15) is 12.0 Å². The highest BCUT2D eigenvalue weighted by atomic mass is 79.9. The molecule has 4 heteroatoms. The number of alkyl halides is 1. The summed E-state index contributed by atoms with van der Waals surface area (Å²) in [6, 6.07) is 7.75. The van der Waals surface area contributed by atoms with E-state index in [1.54, 1.807) is 4.90 Å². The van der Waals surface area contributed by atoms with Gasteiger partial charge in [-0.15, -0.1) is 0 Å². The number of halogens is 1. The van der Waals surface area contributed by atoms with Crippen molar-refractivity contribution in [2.75, 3.05) is 18.1 Å². The van der Waals surface area contributed by atoms with Crippen molar-refractivity contribution in [3.8, 4) is 0 Å². The van der Waals surface area contributed by atoms with Crippen molar-refractivity contribution in [3.05, 3.63) is 29.8 Å². The molecule has 86 valence electrons. The Bertz CT molecular complexity index is 394. The fraction of sp³-hybridized carbons (Fsp3) is 0.417. The number of para-hydroxylation sites is 1. The Kier molecular flexibility index (Phi) is 3.61. The van der Waals surface area contributed by atoms with E-state index < -0.39 is 0 Å². The average molecular weight is 284 g/mol. The molecule has 0 saturated carbocycles. The molecular weight excluding hydrogens is 270 g/mol. The smallest absolute Gasteiger partial charge is 0.228 e. The van der Waals surface area contributed by atoms with Crippen molar-refractivity contribution < 1.29 is 9.90 Å². The van der Waals surface area contributed by atoms with Crippen LogP contribution in [0.5, 0.6) is 0 Å². The van der Waals surface area contributed by atoms with Gasteiger partial charge >= 0.3 is 0 Å². The standard InChI is InChI=1S/C12H14BrNO2/c13-10-7-12(16)14(8-10)11-4-2-1-3-9(11)5-6-15/h1-4,10,15H,5-8H2. The molecule has 1 aromatic carbocycles.